The van der Waals surface area contributed by atoms with Gasteiger partial charge in [0.1, 0.15) is 5.75 Å². The summed E-state index contributed by atoms with van der Waals surface area (Å²) >= 11 is 0. The van der Waals surface area contributed by atoms with E-state index in [9.17, 15) is 4.79 Å². The Bertz CT molecular complexity index is 448. The lowest BCUT2D eigenvalue weighted by Crippen LogP contribution is -2.41. The van der Waals surface area contributed by atoms with Gasteiger partial charge in [0.05, 0.1) is 18.7 Å². The smallest absolute Gasteiger partial charge is 0.180 e. The van der Waals surface area contributed by atoms with Gasteiger partial charge < -0.3 is 4.74 Å². The van der Waals surface area contributed by atoms with Gasteiger partial charge in [-0.1, -0.05) is 26.0 Å². The maximum absolute atomic E-state index is 12.5. The molecule has 2 unspecified atom stereocenters. The van der Waals surface area contributed by atoms with Gasteiger partial charge in [-0.3, -0.25) is 9.69 Å². The van der Waals surface area contributed by atoms with Crippen LogP contribution in [0.4, 0.5) is 0 Å². The number of hydrogen-bond donors (Lipinski definition) is 0. The molecule has 0 radical (unpaired) electrons. The Morgan fingerprint density at radius 2 is 1.90 bits per heavy atom. The number of para-hydroxylation sites is 1. The summed E-state index contributed by atoms with van der Waals surface area (Å²) in [6, 6.07) is 7.55. The average Bonchev–Trinajstić information content (AvgIpc) is 2.38. The van der Waals surface area contributed by atoms with Crippen molar-refractivity contribution < 1.29 is 9.53 Å². The minimum atomic E-state index is 0.162. The molecule has 0 aromatic heterocycles. The second kappa shape index (κ2) is 6.89. The molecule has 3 heteroatoms. The zero-order chi connectivity index (χ0) is 14.5. The van der Waals surface area contributed by atoms with Crippen LogP contribution in [0.3, 0.4) is 0 Å². The second-order valence-electron chi connectivity index (χ2n) is 5.99. The first kappa shape index (κ1) is 15.0. The molecule has 0 saturated carbocycles. The molecule has 0 amide bonds. The van der Waals surface area contributed by atoms with Gasteiger partial charge in [-0.25, -0.2) is 0 Å². The molecule has 0 N–H and O–H groups in total. The van der Waals surface area contributed by atoms with Crippen LogP contribution in [0.2, 0.25) is 0 Å². The Balaban J connectivity index is 2.04. The van der Waals surface area contributed by atoms with E-state index in [1.54, 1.807) is 0 Å². The molecule has 20 heavy (non-hydrogen) atoms. The molecule has 3 nitrogen and oxygen atoms in total. The summed E-state index contributed by atoms with van der Waals surface area (Å²) in [6.07, 6.45) is 1.26. The highest BCUT2D eigenvalue weighted by Gasteiger charge is 2.24. The number of Topliss-reactive ketones (excluding diaryl/α,β-unsaturated/α-hetero) is 1. The monoisotopic (exact) mass is 275 g/mol. The molecule has 1 fully saturated rings. The number of likely N-dealkylation sites (tertiary alicyclic amines) is 1. The van der Waals surface area contributed by atoms with E-state index < -0.39 is 0 Å². The fraction of sp³-hybridized carbons (Fsp3) is 0.588. The van der Waals surface area contributed by atoms with E-state index in [4.69, 9.17) is 4.74 Å². The third-order valence-electron chi connectivity index (χ3n) is 3.80. The standard InChI is InChI=1S/C17H25NO2/c1-4-20-17-8-6-5-7-15(17)16(19)12-18-10-13(2)9-14(3)11-18/h5-8,13-14H,4,9-12H2,1-3H3. The van der Waals surface area contributed by atoms with E-state index in [-0.39, 0.29) is 5.78 Å². The van der Waals surface area contributed by atoms with Gasteiger partial charge in [0.25, 0.3) is 0 Å². The summed E-state index contributed by atoms with van der Waals surface area (Å²) in [7, 11) is 0. The van der Waals surface area contributed by atoms with Crippen LogP contribution in [0.25, 0.3) is 0 Å². The molecule has 1 saturated heterocycles. The number of carbonyl (C=O) groups is 1. The van der Waals surface area contributed by atoms with Crippen molar-refractivity contribution in [2.45, 2.75) is 27.2 Å². The Hall–Kier alpha value is -1.35. The number of piperidine rings is 1. The number of rotatable bonds is 5. The average molecular weight is 275 g/mol. The van der Waals surface area contributed by atoms with Gasteiger partial charge in [0, 0.05) is 13.1 Å². The summed E-state index contributed by atoms with van der Waals surface area (Å²) in [5.41, 5.74) is 0.709. The van der Waals surface area contributed by atoms with Crippen molar-refractivity contribution in [2.24, 2.45) is 11.8 Å². The highest BCUT2D eigenvalue weighted by atomic mass is 16.5. The van der Waals surface area contributed by atoms with Crippen molar-refractivity contribution in [1.29, 1.82) is 0 Å². The van der Waals surface area contributed by atoms with Crippen molar-refractivity contribution in [2.75, 3.05) is 26.2 Å². The summed E-state index contributed by atoms with van der Waals surface area (Å²) in [5, 5.41) is 0. The number of ether oxygens (including phenoxy) is 1. The Labute approximate surface area is 121 Å². The molecule has 1 aromatic rings. The van der Waals surface area contributed by atoms with E-state index in [1.165, 1.54) is 6.42 Å². The fourth-order valence-corrected chi connectivity index (χ4v) is 3.19. The van der Waals surface area contributed by atoms with Crippen LogP contribution < -0.4 is 4.74 Å². The minimum Gasteiger partial charge on any atom is -0.493 e. The van der Waals surface area contributed by atoms with Crippen molar-refractivity contribution in [3.63, 3.8) is 0 Å². The van der Waals surface area contributed by atoms with Gasteiger partial charge in [0.2, 0.25) is 0 Å². The van der Waals surface area contributed by atoms with Crippen molar-refractivity contribution >= 4 is 5.78 Å². The van der Waals surface area contributed by atoms with E-state index in [2.05, 4.69) is 18.7 Å². The summed E-state index contributed by atoms with van der Waals surface area (Å²) in [5.74, 6) is 2.22. The lowest BCUT2D eigenvalue weighted by molar-refractivity contribution is 0.0846. The number of benzene rings is 1. The lowest BCUT2D eigenvalue weighted by atomic mass is 9.91. The van der Waals surface area contributed by atoms with Gasteiger partial charge in [-0.2, -0.15) is 0 Å². The van der Waals surface area contributed by atoms with Crippen LogP contribution in [0.1, 0.15) is 37.6 Å². The van der Waals surface area contributed by atoms with Gasteiger partial charge in [-0.15, -0.1) is 0 Å². The number of ketones is 1. The van der Waals surface area contributed by atoms with Crippen molar-refractivity contribution in [3.8, 4) is 5.75 Å². The Kier molecular flexibility index (Phi) is 5.18. The Morgan fingerprint density at radius 1 is 1.25 bits per heavy atom. The number of carbonyl (C=O) groups excluding carboxylic acids is 1. The predicted octanol–water partition coefficient (Wildman–Crippen LogP) is 3.25. The molecule has 2 atom stereocenters. The quantitative estimate of drug-likeness (QED) is 0.773. The van der Waals surface area contributed by atoms with Crippen LogP contribution in [-0.4, -0.2) is 36.9 Å². The SMILES string of the molecule is CCOc1ccccc1C(=O)CN1CC(C)CC(C)C1. The van der Waals surface area contributed by atoms with E-state index in [0.717, 1.165) is 13.1 Å². The summed E-state index contributed by atoms with van der Waals surface area (Å²) in [4.78, 5) is 14.8. The first-order chi connectivity index (χ1) is 9.60. The summed E-state index contributed by atoms with van der Waals surface area (Å²) in [6.45, 7) is 9.60. The molecule has 1 aliphatic heterocycles. The summed E-state index contributed by atoms with van der Waals surface area (Å²) < 4.78 is 5.55. The van der Waals surface area contributed by atoms with Crippen LogP contribution in [0, 0.1) is 11.8 Å². The zero-order valence-electron chi connectivity index (χ0n) is 12.8. The van der Waals surface area contributed by atoms with Gasteiger partial charge in [-0.05, 0) is 37.3 Å². The number of hydrogen-bond acceptors (Lipinski definition) is 3. The van der Waals surface area contributed by atoms with Crippen LogP contribution >= 0.6 is 0 Å². The molecular weight excluding hydrogens is 250 g/mol. The van der Waals surface area contributed by atoms with Crippen LogP contribution in [0.5, 0.6) is 5.75 Å². The molecule has 1 heterocycles. The van der Waals surface area contributed by atoms with Gasteiger partial charge in [0.15, 0.2) is 5.78 Å². The first-order valence-corrected chi connectivity index (χ1v) is 7.57. The third-order valence-corrected chi connectivity index (χ3v) is 3.80. The maximum atomic E-state index is 12.5. The van der Waals surface area contributed by atoms with E-state index in [0.29, 0.717) is 36.3 Å². The normalized spacial score (nSPS) is 23.6. The van der Waals surface area contributed by atoms with Crippen LogP contribution in [0.15, 0.2) is 24.3 Å². The molecule has 1 aromatic carbocycles. The second-order valence-corrected chi connectivity index (χ2v) is 5.99. The molecule has 2 rings (SSSR count). The Morgan fingerprint density at radius 3 is 2.55 bits per heavy atom. The molecule has 110 valence electrons. The van der Waals surface area contributed by atoms with Crippen LogP contribution in [-0.2, 0) is 0 Å². The maximum Gasteiger partial charge on any atom is 0.180 e. The topological polar surface area (TPSA) is 29.5 Å². The molecule has 1 aliphatic rings. The zero-order valence-corrected chi connectivity index (χ0v) is 12.8. The minimum absolute atomic E-state index is 0.162. The molecule has 0 spiro atoms. The highest BCUT2D eigenvalue weighted by Crippen LogP contribution is 2.23. The van der Waals surface area contributed by atoms with Crippen molar-refractivity contribution in [3.05, 3.63) is 29.8 Å². The first-order valence-electron chi connectivity index (χ1n) is 7.57. The van der Waals surface area contributed by atoms with Gasteiger partial charge >= 0.3 is 0 Å². The number of nitrogens with zero attached hydrogens (tertiary/aromatic N) is 1. The molecule has 0 bridgehead atoms. The van der Waals surface area contributed by atoms with Crippen molar-refractivity contribution in [1.82, 2.24) is 4.90 Å². The lowest BCUT2D eigenvalue weighted by Gasteiger charge is -2.34. The van der Waals surface area contributed by atoms with E-state index >= 15 is 0 Å². The third kappa shape index (κ3) is 3.83. The molecule has 0 aliphatic carbocycles. The fourth-order valence-electron chi connectivity index (χ4n) is 3.19. The largest absolute Gasteiger partial charge is 0.493 e. The predicted molar refractivity (Wildman–Crippen MR) is 81.3 cm³/mol. The highest BCUT2D eigenvalue weighted by molar-refractivity contribution is 6.00. The molecular formula is C17H25NO2. The van der Waals surface area contributed by atoms with E-state index in [1.807, 2.05) is 31.2 Å².